The van der Waals surface area contributed by atoms with Crippen molar-refractivity contribution in [2.24, 2.45) is 5.92 Å². The summed E-state index contributed by atoms with van der Waals surface area (Å²) in [6.07, 6.45) is 1.32. The number of alkyl halides is 2. The molecule has 0 N–H and O–H groups in total. The third-order valence-corrected chi connectivity index (χ3v) is 3.08. The Morgan fingerprint density at radius 2 is 2.09 bits per heavy atom. The Labute approximate surface area is 101 Å². The molecular formula is C5H7Cl2NaO2S. The first-order valence-electron chi connectivity index (χ1n) is 2.96. The van der Waals surface area contributed by atoms with Crippen LogP contribution in [-0.4, -0.2) is 18.8 Å². The van der Waals surface area contributed by atoms with Gasteiger partial charge in [-0.15, -0.1) is 23.2 Å². The Balaban J connectivity index is 0.000001000. The summed E-state index contributed by atoms with van der Waals surface area (Å²) in [5.41, 5.74) is 0. The molecule has 0 bridgehead atoms. The number of hydrogen-bond donors (Lipinski definition) is 0. The second-order valence-electron chi connectivity index (χ2n) is 2.46. The van der Waals surface area contributed by atoms with Crippen LogP contribution in [0.3, 0.4) is 0 Å². The maximum absolute atomic E-state index is 10.1. The van der Waals surface area contributed by atoms with Crippen molar-refractivity contribution in [1.82, 2.24) is 0 Å². The van der Waals surface area contributed by atoms with E-state index in [-0.39, 0.29) is 41.2 Å². The summed E-state index contributed by atoms with van der Waals surface area (Å²) in [6, 6.07) is 0. The molecule has 2 unspecified atom stereocenters. The monoisotopic (exact) mass is 224 g/mol. The van der Waals surface area contributed by atoms with Gasteiger partial charge in [0.2, 0.25) is 0 Å². The smallest absolute Gasteiger partial charge is 0.772 e. The summed E-state index contributed by atoms with van der Waals surface area (Å²) in [5, 5.41) is 0. The maximum atomic E-state index is 10.1. The first-order valence-corrected chi connectivity index (χ1v) is 4.96. The molecule has 0 aliphatic heterocycles. The van der Waals surface area contributed by atoms with E-state index < -0.39 is 15.4 Å². The number of hydrogen-bond acceptors (Lipinski definition) is 2. The topological polar surface area (TPSA) is 40.1 Å². The van der Waals surface area contributed by atoms with Gasteiger partial charge in [-0.05, 0) is 18.8 Å². The molecule has 0 saturated heterocycles. The van der Waals surface area contributed by atoms with E-state index in [4.69, 9.17) is 23.2 Å². The van der Waals surface area contributed by atoms with Gasteiger partial charge in [-0.25, -0.2) is 0 Å². The van der Waals surface area contributed by atoms with Gasteiger partial charge in [0.25, 0.3) is 0 Å². The van der Waals surface area contributed by atoms with Crippen molar-refractivity contribution in [2.75, 3.05) is 5.75 Å². The molecule has 0 aromatic heterocycles. The van der Waals surface area contributed by atoms with E-state index in [0.717, 1.165) is 6.42 Å². The quantitative estimate of drug-likeness (QED) is 0.331. The Bertz CT molecular complexity index is 165. The summed E-state index contributed by atoms with van der Waals surface area (Å²) in [7, 11) is 0. The van der Waals surface area contributed by atoms with Gasteiger partial charge < -0.3 is 4.55 Å². The fourth-order valence-corrected chi connectivity index (χ4v) is 1.89. The van der Waals surface area contributed by atoms with Crippen LogP contribution in [0.15, 0.2) is 0 Å². The summed E-state index contributed by atoms with van der Waals surface area (Å²) >= 11 is 9.36. The van der Waals surface area contributed by atoms with Crippen LogP contribution in [0.2, 0.25) is 0 Å². The number of halogens is 2. The predicted octanol–water partition coefficient (Wildman–Crippen LogP) is -1.55. The molecule has 2 nitrogen and oxygen atoms in total. The van der Waals surface area contributed by atoms with Crippen LogP contribution >= 0.6 is 23.2 Å². The molecule has 0 aromatic rings. The minimum Gasteiger partial charge on any atom is -0.772 e. The van der Waals surface area contributed by atoms with Gasteiger partial charge in [0.15, 0.2) is 0 Å². The molecule has 1 aliphatic carbocycles. The molecule has 11 heavy (non-hydrogen) atoms. The fraction of sp³-hybridized carbons (Fsp3) is 1.00. The standard InChI is InChI=1S/C5H8Cl2O2S.Na/c6-5(7)3-4(5)1-2-10(8)9;/h4H,1-3H2,(H,8,9);/q;+1/p-1. The summed E-state index contributed by atoms with van der Waals surface area (Å²) in [4.78, 5) is 0. The van der Waals surface area contributed by atoms with E-state index in [1.807, 2.05) is 0 Å². The van der Waals surface area contributed by atoms with Gasteiger partial charge in [-0.3, -0.25) is 4.21 Å². The van der Waals surface area contributed by atoms with Crippen LogP contribution in [-0.2, 0) is 11.1 Å². The third-order valence-electron chi connectivity index (χ3n) is 1.59. The molecule has 1 saturated carbocycles. The molecule has 60 valence electrons. The Morgan fingerprint density at radius 3 is 2.36 bits per heavy atom. The average molecular weight is 225 g/mol. The van der Waals surface area contributed by atoms with Gasteiger partial charge in [0.05, 0.1) is 0 Å². The fourth-order valence-electron chi connectivity index (χ4n) is 0.821. The van der Waals surface area contributed by atoms with Gasteiger partial charge in [-0.2, -0.15) is 0 Å². The second-order valence-corrected chi connectivity index (χ2v) is 5.02. The zero-order valence-corrected chi connectivity index (χ0v) is 10.5. The zero-order valence-electron chi connectivity index (χ0n) is 6.18. The Hall–Kier alpha value is 1.69. The molecule has 6 heteroatoms. The molecular weight excluding hydrogens is 218 g/mol. The molecule has 1 rings (SSSR count). The minimum absolute atomic E-state index is 0. The molecule has 0 spiro atoms. The minimum atomic E-state index is -1.95. The predicted molar refractivity (Wildman–Crippen MR) is 40.9 cm³/mol. The van der Waals surface area contributed by atoms with Gasteiger partial charge in [0, 0.05) is 5.75 Å². The van der Waals surface area contributed by atoms with Gasteiger partial charge in [-0.1, -0.05) is 11.1 Å². The average Bonchev–Trinajstić information content (AvgIpc) is 2.35. The normalized spacial score (nSPS) is 28.8. The molecule has 1 fully saturated rings. The SMILES string of the molecule is O=S([O-])CCC1CC1(Cl)Cl.[Na+]. The summed E-state index contributed by atoms with van der Waals surface area (Å²) in [5.74, 6) is 0.361. The van der Waals surface area contributed by atoms with Crippen LogP contribution < -0.4 is 29.6 Å². The van der Waals surface area contributed by atoms with E-state index in [2.05, 4.69) is 0 Å². The first-order chi connectivity index (χ1) is 4.52. The largest absolute Gasteiger partial charge is 1.00 e. The van der Waals surface area contributed by atoms with E-state index in [9.17, 15) is 8.76 Å². The van der Waals surface area contributed by atoms with E-state index in [0.29, 0.717) is 6.42 Å². The molecule has 2 atom stereocenters. The maximum Gasteiger partial charge on any atom is 1.00 e. The van der Waals surface area contributed by atoms with Crippen molar-refractivity contribution in [3.05, 3.63) is 0 Å². The van der Waals surface area contributed by atoms with Gasteiger partial charge in [0.1, 0.15) is 4.33 Å². The molecule has 0 aromatic carbocycles. The number of rotatable bonds is 3. The van der Waals surface area contributed by atoms with Crippen molar-refractivity contribution in [3.63, 3.8) is 0 Å². The Kier molecular flexibility index (Phi) is 5.53. The third kappa shape index (κ3) is 4.46. The molecule has 0 amide bonds. The van der Waals surface area contributed by atoms with E-state index in [1.165, 1.54) is 0 Å². The first kappa shape index (κ1) is 12.7. The molecule has 0 radical (unpaired) electrons. The Morgan fingerprint density at radius 1 is 1.64 bits per heavy atom. The summed E-state index contributed by atoms with van der Waals surface area (Å²) in [6.45, 7) is 0. The van der Waals surface area contributed by atoms with Crippen LogP contribution in [0, 0.1) is 5.92 Å². The molecule has 0 heterocycles. The van der Waals surface area contributed by atoms with E-state index >= 15 is 0 Å². The van der Waals surface area contributed by atoms with Crippen molar-refractivity contribution in [3.8, 4) is 0 Å². The van der Waals surface area contributed by atoms with Crippen molar-refractivity contribution in [2.45, 2.75) is 17.2 Å². The second kappa shape index (κ2) is 4.80. The van der Waals surface area contributed by atoms with Crippen LogP contribution in [0.4, 0.5) is 0 Å². The van der Waals surface area contributed by atoms with Crippen LogP contribution in [0.5, 0.6) is 0 Å². The van der Waals surface area contributed by atoms with Gasteiger partial charge >= 0.3 is 29.6 Å². The molecule has 1 aliphatic rings. The van der Waals surface area contributed by atoms with Crippen LogP contribution in [0.25, 0.3) is 0 Å². The van der Waals surface area contributed by atoms with Crippen molar-refractivity contribution >= 4 is 34.3 Å². The van der Waals surface area contributed by atoms with Crippen molar-refractivity contribution in [1.29, 1.82) is 0 Å². The summed E-state index contributed by atoms with van der Waals surface area (Å²) < 4.78 is 19.5. The zero-order chi connectivity index (χ0) is 7.78. The van der Waals surface area contributed by atoms with Crippen molar-refractivity contribution < 1.29 is 38.3 Å². The van der Waals surface area contributed by atoms with E-state index in [1.54, 1.807) is 0 Å². The van der Waals surface area contributed by atoms with Crippen LogP contribution in [0.1, 0.15) is 12.8 Å².